The quantitative estimate of drug-likeness (QED) is 0.813. The van der Waals surface area contributed by atoms with E-state index in [2.05, 4.69) is 39.5 Å². The molecule has 1 aromatic heterocycles. The largest absolute Gasteiger partial charge is 0.340 e. The first-order chi connectivity index (χ1) is 13.7. The van der Waals surface area contributed by atoms with Crippen molar-refractivity contribution in [2.45, 2.75) is 57.9 Å². The maximum atomic E-state index is 12.1. The van der Waals surface area contributed by atoms with Crippen LogP contribution in [0.15, 0.2) is 24.3 Å². The molecule has 2 fully saturated rings. The second-order valence-corrected chi connectivity index (χ2v) is 8.01. The molecule has 1 aromatic carbocycles. The lowest BCUT2D eigenvalue weighted by atomic mass is 9.79. The Kier molecular flexibility index (Phi) is 5.44. The van der Waals surface area contributed by atoms with Gasteiger partial charge in [-0.1, -0.05) is 44.4 Å². The third-order valence-corrected chi connectivity index (χ3v) is 6.45. The highest BCUT2D eigenvalue weighted by molar-refractivity contribution is 5.75. The van der Waals surface area contributed by atoms with Gasteiger partial charge in [0.15, 0.2) is 5.82 Å². The molecule has 1 aliphatic heterocycles. The van der Waals surface area contributed by atoms with Crippen LogP contribution < -0.4 is 0 Å². The number of aromatic nitrogens is 4. The minimum atomic E-state index is -0.147. The van der Waals surface area contributed by atoms with E-state index in [1.165, 1.54) is 24.8 Å². The van der Waals surface area contributed by atoms with Gasteiger partial charge in [-0.05, 0) is 41.8 Å². The van der Waals surface area contributed by atoms with Gasteiger partial charge in [0, 0.05) is 32.6 Å². The van der Waals surface area contributed by atoms with Gasteiger partial charge in [0.25, 0.3) is 0 Å². The van der Waals surface area contributed by atoms with E-state index in [1.807, 2.05) is 28.6 Å². The van der Waals surface area contributed by atoms with E-state index in [0.29, 0.717) is 6.42 Å². The van der Waals surface area contributed by atoms with Gasteiger partial charge < -0.3 is 4.90 Å². The Morgan fingerprint density at radius 2 is 1.79 bits per heavy atom. The monoisotopic (exact) mass is 382 g/mol. The van der Waals surface area contributed by atoms with Crippen LogP contribution in [-0.2, 0) is 10.3 Å². The Morgan fingerprint density at radius 1 is 1.07 bits per heavy atom. The summed E-state index contributed by atoms with van der Waals surface area (Å²) in [6.45, 7) is 7.39. The summed E-state index contributed by atoms with van der Waals surface area (Å²) in [6.07, 6.45) is 6.37. The Bertz CT molecular complexity index is 818. The van der Waals surface area contributed by atoms with Gasteiger partial charge in [-0.3, -0.25) is 9.69 Å². The smallest absolute Gasteiger partial charge is 0.222 e. The molecular weight excluding hydrogens is 352 g/mol. The van der Waals surface area contributed by atoms with Gasteiger partial charge >= 0.3 is 0 Å². The molecule has 0 N–H and O–H groups in total. The Hall–Kier alpha value is -2.28. The van der Waals surface area contributed by atoms with E-state index in [9.17, 15) is 4.79 Å². The summed E-state index contributed by atoms with van der Waals surface area (Å²) >= 11 is 0. The minimum absolute atomic E-state index is 0.147. The van der Waals surface area contributed by atoms with E-state index in [-0.39, 0.29) is 11.4 Å². The average molecular weight is 383 g/mol. The van der Waals surface area contributed by atoms with Crippen molar-refractivity contribution in [2.75, 3.05) is 26.2 Å². The number of hydrogen-bond acceptors (Lipinski definition) is 5. The summed E-state index contributed by atoms with van der Waals surface area (Å²) < 4.78 is 1.95. The molecule has 0 bridgehead atoms. The second kappa shape index (κ2) is 7.99. The fourth-order valence-electron chi connectivity index (χ4n) is 4.87. The fourth-order valence-corrected chi connectivity index (χ4v) is 4.87. The van der Waals surface area contributed by atoms with Crippen LogP contribution in [0.1, 0.15) is 56.8 Å². The number of carbonyl (C=O) groups excluding carboxylic acids is 1. The van der Waals surface area contributed by atoms with Crippen molar-refractivity contribution in [1.29, 1.82) is 0 Å². The minimum Gasteiger partial charge on any atom is -0.340 e. The highest BCUT2D eigenvalue weighted by Gasteiger charge is 2.45. The second-order valence-electron chi connectivity index (χ2n) is 8.01. The molecule has 1 amide bonds. The molecular formula is C21H30N6O. The molecule has 7 nitrogen and oxygen atoms in total. The van der Waals surface area contributed by atoms with Gasteiger partial charge in [-0.15, -0.1) is 5.10 Å². The van der Waals surface area contributed by atoms with Crippen molar-refractivity contribution < 1.29 is 4.79 Å². The standard InChI is InChI=1S/C21H30N6O/c1-3-19(28)25-13-15-26(16-14-25)21(11-7-4-8-12-21)20-22-23-24-27(20)18-10-6-5-9-17(18)2/h5-6,9-10H,3-4,7-8,11-16H2,1-2H3. The highest BCUT2D eigenvalue weighted by Crippen LogP contribution is 2.42. The van der Waals surface area contributed by atoms with E-state index in [4.69, 9.17) is 0 Å². The summed E-state index contributed by atoms with van der Waals surface area (Å²) in [7, 11) is 0. The molecule has 0 radical (unpaired) electrons. The lowest BCUT2D eigenvalue weighted by Crippen LogP contribution is -2.57. The van der Waals surface area contributed by atoms with Gasteiger partial charge in [-0.25, -0.2) is 0 Å². The summed E-state index contributed by atoms with van der Waals surface area (Å²) in [5.74, 6) is 1.21. The lowest BCUT2D eigenvalue weighted by Gasteiger charge is -2.48. The predicted molar refractivity (Wildman–Crippen MR) is 107 cm³/mol. The van der Waals surface area contributed by atoms with Crippen LogP contribution in [-0.4, -0.2) is 62.1 Å². The van der Waals surface area contributed by atoms with Crippen LogP contribution in [0.4, 0.5) is 0 Å². The number of hydrogen-bond donors (Lipinski definition) is 0. The normalized spacial score (nSPS) is 20.3. The molecule has 0 spiro atoms. The summed E-state index contributed by atoms with van der Waals surface area (Å²) in [5.41, 5.74) is 2.07. The molecule has 1 saturated heterocycles. The predicted octanol–water partition coefficient (Wildman–Crippen LogP) is 2.68. The number of piperazine rings is 1. The molecule has 1 saturated carbocycles. The number of tetrazole rings is 1. The van der Waals surface area contributed by atoms with Crippen LogP contribution >= 0.6 is 0 Å². The first kappa shape index (κ1) is 19.1. The third kappa shape index (κ3) is 3.32. The Morgan fingerprint density at radius 3 is 2.46 bits per heavy atom. The Labute approximate surface area is 166 Å². The summed E-state index contributed by atoms with van der Waals surface area (Å²) in [6, 6.07) is 8.27. The number of aryl methyl sites for hydroxylation is 1. The van der Waals surface area contributed by atoms with Gasteiger partial charge in [0.2, 0.25) is 5.91 Å². The van der Waals surface area contributed by atoms with Crippen LogP contribution in [0.2, 0.25) is 0 Å². The van der Waals surface area contributed by atoms with E-state index >= 15 is 0 Å². The van der Waals surface area contributed by atoms with Gasteiger partial charge in [0.1, 0.15) is 0 Å². The van der Waals surface area contributed by atoms with Crippen LogP contribution in [0.25, 0.3) is 5.69 Å². The SMILES string of the molecule is CCC(=O)N1CCN(C2(c3nnnn3-c3ccccc3C)CCCCC2)CC1. The molecule has 7 heteroatoms. The van der Waals surface area contributed by atoms with Crippen molar-refractivity contribution >= 4 is 5.91 Å². The molecule has 4 rings (SSSR count). The zero-order valence-electron chi connectivity index (χ0n) is 17.0. The molecule has 28 heavy (non-hydrogen) atoms. The first-order valence-corrected chi connectivity index (χ1v) is 10.5. The van der Waals surface area contributed by atoms with E-state index in [0.717, 1.165) is 50.5 Å². The molecule has 0 unspecified atom stereocenters. The van der Waals surface area contributed by atoms with Crippen molar-refractivity contribution in [1.82, 2.24) is 30.0 Å². The lowest BCUT2D eigenvalue weighted by molar-refractivity contribution is -0.134. The van der Waals surface area contributed by atoms with Crippen molar-refractivity contribution in [2.24, 2.45) is 0 Å². The van der Waals surface area contributed by atoms with Crippen LogP contribution in [0, 0.1) is 6.92 Å². The molecule has 2 aliphatic rings. The average Bonchev–Trinajstić information content (AvgIpc) is 3.24. The maximum absolute atomic E-state index is 12.1. The molecule has 2 heterocycles. The van der Waals surface area contributed by atoms with Crippen LogP contribution in [0.5, 0.6) is 0 Å². The number of para-hydroxylation sites is 1. The number of benzene rings is 1. The van der Waals surface area contributed by atoms with Crippen molar-refractivity contribution in [3.63, 3.8) is 0 Å². The number of rotatable bonds is 4. The molecule has 150 valence electrons. The Balaban J connectivity index is 1.68. The first-order valence-electron chi connectivity index (χ1n) is 10.5. The highest BCUT2D eigenvalue weighted by atomic mass is 16.2. The number of carbonyl (C=O) groups is 1. The van der Waals surface area contributed by atoms with Crippen molar-refractivity contribution in [3.8, 4) is 5.69 Å². The maximum Gasteiger partial charge on any atom is 0.222 e. The summed E-state index contributed by atoms with van der Waals surface area (Å²) in [4.78, 5) is 16.7. The number of nitrogens with zero attached hydrogens (tertiary/aromatic N) is 6. The van der Waals surface area contributed by atoms with Crippen molar-refractivity contribution in [3.05, 3.63) is 35.7 Å². The van der Waals surface area contributed by atoms with Crippen LogP contribution in [0.3, 0.4) is 0 Å². The fraction of sp³-hybridized carbons (Fsp3) is 0.619. The van der Waals surface area contributed by atoms with Gasteiger partial charge in [-0.2, -0.15) is 4.68 Å². The molecule has 2 aromatic rings. The molecule has 1 aliphatic carbocycles. The number of amides is 1. The third-order valence-electron chi connectivity index (χ3n) is 6.45. The molecule has 0 atom stereocenters. The van der Waals surface area contributed by atoms with Gasteiger partial charge in [0.05, 0.1) is 11.2 Å². The topological polar surface area (TPSA) is 67.2 Å². The zero-order chi connectivity index (χ0) is 19.6. The zero-order valence-corrected chi connectivity index (χ0v) is 17.0. The summed E-state index contributed by atoms with van der Waals surface area (Å²) in [5, 5.41) is 13.0. The van der Waals surface area contributed by atoms with E-state index < -0.39 is 0 Å². The van der Waals surface area contributed by atoms with E-state index in [1.54, 1.807) is 0 Å².